The van der Waals surface area contributed by atoms with E-state index in [1.54, 1.807) is 0 Å². The van der Waals surface area contributed by atoms with Crippen LogP contribution >= 0.6 is 0 Å². The van der Waals surface area contributed by atoms with Crippen LogP contribution in [-0.4, -0.2) is 23.3 Å². The van der Waals surface area contributed by atoms with E-state index in [4.69, 9.17) is 0 Å². The molecule has 0 saturated heterocycles. The van der Waals surface area contributed by atoms with Crippen LogP contribution in [0.15, 0.2) is 0 Å². The van der Waals surface area contributed by atoms with E-state index in [9.17, 15) is 5.11 Å². The van der Waals surface area contributed by atoms with Gasteiger partial charge in [0, 0.05) is 12.1 Å². The molecule has 82 valence electrons. The Bertz CT molecular complexity index is 177. The van der Waals surface area contributed by atoms with Crippen molar-refractivity contribution in [3.63, 3.8) is 0 Å². The van der Waals surface area contributed by atoms with E-state index in [1.807, 2.05) is 0 Å². The van der Waals surface area contributed by atoms with Gasteiger partial charge in [0.1, 0.15) is 0 Å². The minimum atomic E-state index is -0.0792. The lowest BCUT2D eigenvalue weighted by molar-refractivity contribution is 0.0687. The van der Waals surface area contributed by atoms with E-state index in [0.29, 0.717) is 12.1 Å². The maximum absolute atomic E-state index is 9.80. The van der Waals surface area contributed by atoms with Gasteiger partial charge in [0.25, 0.3) is 0 Å². The molecule has 0 aromatic carbocycles. The fraction of sp³-hybridized carbons (Fsp3) is 1.00. The van der Waals surface area contributed by atoms with Gasteiger partial charge in [-0.15, -0.1) is 0 Å². The van der Waals surface area contributed by atoms with Crippen molar-refractivity contribution in [2.75, 3.05) is 0 Å². The van der Waals surface area contributed by atoms with Crippen LogP contribution in [0.5, 0.6) is 0 Å². The third-order valence-electron chi connectivity index (χ3n) is 3.99. The molecule has 2 saturated carbocycles. The Morgan fingerprint density at radius 1 is 1.21 bits per heavy atom. The zero-order valence-electron chi connectivity index (χ0n) is 9.21. The van der Waals surface area contributed by atoms with Crippen molar-refractivity contribution in [3.05, 3.63) is 0 Å². The van der Waals surface area contributed by atoms with Crippen LogP contribution < -0.4 is 5.32 Å². The van der Waals surface area contributed by atoms with Crippen molar-refractivity contribution in [3.8, 4) is 0 Å². The summed E-state index contributed by atoms with van der Waals surface area (Å²) >= 11 is 0. The van der Waals surface area contributed by atoms with Crippen LogP contribution in [0.3, 0.4) is 0 Å². The first-order chi connectivity index (χ1) is 6.79. The average molecular weight is 197 g/mol. The van der Waals surface area contributed by atoms with Gasteiger partial charge in [-0.2, -0.15) is 0 Å². The summed E-state index contributed by atoms with van der Waals surface area (Å²) in [6.07, 6.45) is 8.59. The Morgan fingerprint density at radius 2 is 1.93 bits per heavy atom. The third kappa shape index (κ3) is 2.29. The lowest BCUT2D eigenvalue weighted by atomic mass is 9.77. The Balaban J connectivity index is 1.69. The summed E-state index contributed by atoms with van der Waals surface area (Å²) in [6, 6.07) is 1.10. The fourth-order valence-corrected chi connectivity index (χ4v) is 2.81. The predicted molar refractivity (Wildman–Crippen MR) is 58.2 cm³/mol. The molecule has 0 radical (unpaired) electrons. The van der Waals surface area contributed by atoms with E-state index in [2.05, 4.69) is 12.2 Å². The Hall–Kier alpha value is -0.0800. The van der Waals surface area contributed by atoms with E-state index >= 15 is 0 Å². The van der Waals surface area contributed by atoms with Crippen molar-refractivity contribution < 1.29 is 5.11 Å². The van der Waals surface area contributed by atoms with Crippen molar-refractivity contribution in [2.24, 2.45) is 5.92 Å². The molecule has 2 N–H and O–H groups in total. The molecule has 2 nitrogen and oxygen atoms in total. The van der Waals surface area contributed by atoms with Crippen LogP contribution in [0.2, 0.25) is 0 Å². The van der Waals surface area contributed by atoms with Gasteiger partial charge in [-0.3, -0.25) is 0 Å². The molecular weight excluding hydrogens is 174 g/mol. The molecule has 2 heteroatoms. The topological polar surface area (TPSA) is 32.3 Å². The van der Waals surface area contributed by atoms with Gasteiger partial charge < -0.3 is 10.4 Å². The first-order valence-electron chi connectivity index (χ1n) is 6.23. The first kappa shape index (κ1) is 10.4. The second-order valence-electron chi connectivity index (χ2n) is 5.07. The molecule has 2 aliphatic rings. The smallest absolute Gasteiger partial charge is 0.0693 e. The lowest BCUT2D eigenvalue weighted by Gasteiger charge is -2.40. The highest BCUT2D eigenvalue weighted by atomic mass is 16.3. The fourth-order valence-electron chi connectivity index (χ4n) is 2.81. The summed E-state index contributed by atoms with van der Waals surface area (Å²) < 4.78 is 0. The summed E-state index contributed by atoms with van der Waals surface area (Å²) in [5, 5.41) is 13.4. The monoisotopic (exact) mass is 197 g/mol. The molecule has 0 amide bonds. The molecular formula is C12H23NO. The molecule has 0 aliphatic heterocycles. The van der Waals surface area contributed by atoms with Crippen LogP contribution in [0.25, 0.3) is 0 Å². The van der Waals surface area contributed by atoms with Gasteiger partial charge in [-0.05, 0) is 31.6 Å². The molecule has 2 rings (SSSR count). The van der Waals surface area contributed by atoms with E-state index in [1.165, 1.54) is 38.5 Å². The zero-order chi connectivity index (χ0) is 9.97. The molecule has 2 atom stereocenters. The maximum atomic E-state index is 9.80. The van der Waals surface area contributed by atoms with Crippen molar-refractivity contribution in [1.29, 1.82) is 0 Å². The number of hydrogen-bond acceptors (Lipinski definition) is 2. The van der Waals surface area contributed by atoms with Crippen molar-refractivity contribution in [1.82, 2.24) is 5.32 Å². The van der Waals surface area contributed by atoms with Crippen LogP contribution in [-0.2, 0) is 0 Å². The third-order valence-corrected chi connectivity index (χ3v) is 3.99. The predicted octanol–water partition coefficient (Wildman–Crippen LogP) is 2.07. The second kappa shape index (κ2) is 4.63. The van der Waals surface area contributed by atoms with Crippen LogP contribution in [0.4, 0.5) is 0 Å². The number of aliphatic hydroxyl groups is 1. The Morgan fingerprint density at radius 3 is 2.57 bits per heavy atom. The molecule has 0 aromatic rings. The Kier molecular flexibility index (Phi) is 3.45. The summed E-state index contributed by atoms with van der Waals surface area (Å²) in [4.78, 5) is 0. The summed E-state index contributed by atoms with van der Waals surface area (Å²) in [5.41, 5.74) is 0. The quantitative estimate of drug-likeness (QED) is 0.726. The van der Waals surface area contributed by atoms with Crippen LogP contribution in [0.1, 0.15) is 51.9 Å². The SMILES string of the molecule is CCC1CC(N[C@H]2CCCC[C@H]2O)C1. The Labute approximate surface area is 87.1 Å². The van der Waals surface area contributed by atoms with Crippen molar-refractivity contribution >= 4 is 0 Å². The van der Waals surface area contributed by atoms with Gasteiger partial charge in [-0.25, -0.2) is 0 Å². The largest absolute Gasteiger partial charge is 0.392 e. The van der Waals surface area contributed by atoms with Gasteiger partial charge in [0.05, 0.1) is 6.10 Å². The molecule has 14 heavy (non-hydrogen) atoms. The molecule has 2 fully saturated rings. The first-order valence-corrected chi connectivity index (χ1v) is 6.23. The summed E-state index contributed by atoms with van der Waals surface area (Å²) in [5.74, 6) is 0.952. The molecule has 0 bridgehead atoms. The van der Waals surface area contributed by atoms with Crippen LogP contribution in [0, 0.1) is 5.92 Å². The normalized spacial score (nSPS) is 43.3. The second-order valence-corrected chi connectivity index (χ2v) is 5.07. The van der Waals surface area contributed by atoms with E-state index in [0.717, 1.165) is 12.3 Å². The number of nitrogens with one attached hydrogen (secondary N) is 1. The zero-order valence-corrected chi connectivity index (χ0v) is 9.21. The molecule has 0 aromatic heterocycles. The molecule has 0 spiro atoms. The highest BCUT2D eigenvalue weighted by molar-refractivity contribution is 4.90. The van der Waals surface area contributed by atoms with E-state index < -0.39 is 0 Å². The minimum Gasteiger partial charge on any atom is -0.392 e. The average Bonchev–Trinajstić information content (AvgIpc) is 2.13. The lowest BCUT2D eigenvalue weighted by Crippen LogP contribution is -2.51. The molecule has 2 aliphatic carbocycles. The standard InChI is InChI=1S/C12H23NO/c1-2-9-7-10(8-9)13-11-5-3-4-6-12(11)14/h9-14H,2-8H2,1H3/t9?,10?,11-,12+/m0/s1. The van der Waals surface area contributed by atoms with Gasteiger partial charge in [0.2, 0.25) is 0 Å². The van der Waals surface area contributed by atoms with E-state index in [-0.39, 0.29) is 6.10 Å². The molecule has 0 unspecified atom stereocenters. The van der Waals surface area contributed by atoms with Gasteiger partial charge in [0.15, 0.2) is 0 Å². The van der Waals surface area contributed by atoms with Gasteiger partial charge >= 0.3 is 0 Å². The highest BCUT2D eigenvalue weighted by Gasteiger charge is 2.32. The number of rotatable bonds is 3. The molecule has 0 heterocycles. The minimum absolute atomic E-state index is 0.0792. The van der Waals surface area contributed by atoms with Gasteiger partial charge in [-0.1, -0.05) is 26.2 Å². The maximum Gasteiger partial charge on any atom is 0.0693 e. The number of aliphatic hydroxyl groups excluding tert-OH is 1. The highest BCUT2D eigenvalue weighted by Crippen LogP contribution is 2.31. The summed E-state index contributed by atoms with van der Waals surface area (Å²) in [7, 11) is 0. The summed E-state index contributed by atoms with van der Waals surface area (Å²) in [6.45, 7) is 2.27. The number of hydrogen-bond donors (Lipinski definition) is 2. The van der Waals surface area contributed by atoms with Crippen molar-refractivity contribution in [2.45, 2.75) is 70.1 Å².